The molecule has 1 fully saturated rings. The number of amides is 1. The molecule has 1 aromatic carbocycles. The van der Waals surface area contributed by atoms with Gasteiger partial charge in [0.2, 0.25) is 5.91 Å². The fraction of sp³-hybridized carbons (Fsp3) is 0.353. The number of sulfonamides is 1. The number of benzene rings is 1. The van der Waals surface area contributed by atoms with Crippen molar-refractivity contribution < 1.29 is 17.9 Å². The number of methoxy groups -OCH3 is 1. The Morgan fingerprint density at radius 3 is 2.62 bits per heavy atom. The summed E-state index contributed by atoms with van der Waals surface area (Å²) in [6.07, 6.45) is 0. The molecule has 7 nitrogen and oxygen atoms in total. The maximum atomic E-state index is 12.3. The first-order valence-electron chi connectivity index (χ1n) is 8.19. The van der Waals surface area contributed by atoms with E-state index in [-0.39, 0.29) is 16.7 Å². The monoisotopic (exact) mass is 395 g/mol. The predicted octanol–water partition coefficient (Wildman–Crippen LogP) is 1.38. The SMILES string of the molecule is COc1cccc(N2CCN(C(=O)CNS(=O)(=O)c3cccs3)CC2)c1. The summed E-state index contributed by atoms with van der Waals surface area (Å²) < 4.78 is 32.0. The van der Waals surface area contributed by atoms with E-state index in [9.17, 15) is 13.2 Å². The van der Waals surface area contributed by atoms with Gasteiger partial charge < -0.3 is 14.5 Å². The summed E-state index contributed by atoms with van der Waals surface area (Å²) in [5, 5.41) is 1.69. The van der Waals surface area contributed by atoms with Crippen LogP contribution in [0.3, 0.4) is 0 Å². The number of hydrogen-bond acceptors (Lipinski definition) is 6. The Kier molecular flexibility index (Phi) is 5.80. The minimum Gasteiger partial charge on any atom is -0.497 e. The van der Waals surface area contributed by atoms with Crippen LogP contribution >= 0.6 is 11.3 Å². The van der Waals surface area contributed by atoms with Crippen LogP contribution in [0.5, 0.6) is 5.75 Å². The molecule has 0 saturated carbocycles. The first-order valence-corrected chi connectivity index (χ1v) is 10.6. The Morgan fingerprint density at radius 1 is 1.19 bits per heavy atom. The zero-order chi connectivity index (χ0) is 18.6. The fourth-order valence-corrected chi connectivity index (χ4v) is 4.79. The minimum atomic E-state index is -3.62. The molecule has 9 heteroatoms. The van der Waals surface area contributed by atoms with Crippen LogP contribution in [0.2, 0.25) is 0 Å². The lowest BCUT2D eigenvalue weighted by Gasteiger charge is -2.36. The Labute approximate surface area is 157 Å². The normalized spacial score (nSPS) is 15.1. The van der Waals surface area contributed by atoms with Gasteiger partial charge in [-0.2, -0.15) is 0 Å². The van der Waals surface area contributed by atoms with Gasteiger partial charge in [-0.05, 0) is 23.6 Å². The highest BCUT2D eigenvalue weighted by atomic mass is 32.2. The lowest BCUT2D eigenvalue weighted by Crippen LogP contribution is -2.51. The summed E-state index contributed by atoms with van der Waals surface area (Å²) in [6.45, 7) is 2.26. The average Bonchev–Trinajstić information content (AvgIpc) is 3.22. The minimum absolute atomic E-state index is 0.213. The zero-order valence-corrected chi connectivity index (χ0v) is 16.1. The number of ether oxygens (including phenoxy) is 1. The van der Waals surface area contributed by atoms with Gasteiger partial charge in [0.15, 0.2) is 0 Å². The van der Waals surface area contributed by atoms with Crippen molar-refractivity contribution in [2.75, 3.05) is 44.7 Å². The number of piperazine rings is 1. The molecule has 1 aliphatic rings. The third-order valence-corrected chi connectivity index (χ3v) is 7.02. The standard InChI is InChI=1S/C17H21N3O4S2/c1-24-15-5-2-4-14(12-15)19-7-9-20(10-8-19)16(21)13-18-26(22,23)17-6-3-11-25-17/h2-6,11-12,18H,7-10,13H2,1H3. The van der Waals surface area contributed by atoms with Crippen LogP contribution in [-0.4, -0.2) is 59.1 Å². The highest BCUT2D eigenvalue weighted by Gasteiger charge is 2.23. The number of thiophene rings is 1. The number of anilines is 1. The van der Waals surface area contributed by atoms with Crippen LogP contribution in [0.15, 0.2) is 46.0 Å². The van der Waals surface area contributed by atoms with Crippen LogP contribution in [0.1, 0.15) is 0 Å². The molecule has 1 saturated heterocycles. The first-order chi connectivity index (χ1) is 12.5. The third-order valence-electron chi connectivity index (χ3n) is 4.22. The topological polar surface area (TPSA) is 79.0 Å². The van der Waals surface area contributed by atoms with Gasteiger partial charge >= 0.3 is 0 Å². The average molecular weight is 396 g/mol. The Hall–Kier alpha value is -2.10. The number of nitrogens with one attached hydrogen (secondary N) is 1. The van der Waals surface area contributed by atoms with Crippen molar-refractivity contribution >= 4 is 33.0 Å². The van der Waals surface area contributed by atoms with Crippen molar-refractivity contribution in [2.24, 2.45) is 0 Å². The van der Waals surface area contributed by atoms with Gasteiger partial charge in [-0.3, -0.25) is 4.79 Å². The number of carbonyl (C=O) groups excluding carboxylic acids is 1. The number of rotatable bonds is 6. The molecular weight excluding hydrogens is 374 g/mol. The quantitative estimate of drug-likeness (QED) is 0.800. The van der Waals surface area contributed by atoms with Crippen molar-refractivity contribution in [2.45, 2.75) is 4.21 Å². The van der Waals surface area contributed by atoms with Crippen LogP contribution in [0.25, 0.3) is 0 Å². The van der Waals surface area contributed by atoms with E-state index in [4.69, 9.17) is 4.74 Å². The first kappa shape index (κ1) is 18.7. The van der Waals surface area contributed by atoms with Gasteiger partial charge in [0, 0.05) is 37.9 Å². The van der Waals surface area contributed by atoms with Crippen LogP contribution in [-0.2, 0) is 14.8 Å². The largest absolute Gasteiger partial charge is 0.497 e. The molecule has 0 bridgehead atoms. The van der Waals surface area contributed by atoms with E-state index in [1.807, 2.05) is 24.3 Å². The molecule has 140 valence electrons. The van der Waals surface area contributed by atoms with Crippen LogP contribution in [0.4, 0.5) is 5.69 Å². The summed E-state index contributed by atoms with van der Waals surface area (Å²) in [4.78, 5) is 16.2. The zero-order valence-electron chi connectivity index (χ0n) is 14.4. The Bertz CT molecular complexity index is 845. The molecule has 0 atom stereocenters. The molecule has 0 aliphatic carbocycles. The van der Waals surface area contributed by atoms with Crippen molar-refractivity contribution in [1.82, 2.24) is 9.62 Å². The van der Waals surface area contributed by atoms with E-state index in [1.165, 1.54) is 6.07 Å². The molecule has 26 heavy (non-hydrogen) atoms. The third kappa shape index (κ3) is 4.35. The van der Waals surface area contributed by atoms with Crippen LogP contribution < -0.4 is 14.4 Å². The highest BCUT2D eigenvalue weighted by Crippen LogP contribution is 2.22. The van der Waals surface area contributed by atoms with E-state index in [1.54, 1.807) is 23.5 Å². The highest BCUT2D eigenvalue weighted by molar-refractivity contribution is 7.91. The van der Waals surface area contributed by atoms with E-state index < -0.39 is 10.0 Å². The van der Waals surface area contributed by atoms with Gasteiger partial charge in [0.25, 0.3) is 10.0 Å². The molecule has 2 heterocycles. The fourth-order valence-electron chi connectivity index (χ4n) is 2.78. The second-order valence-electron chi connectivity index (χ2n) is 5.83. The van der Waals surface area contributed by atoms with E-state index in [2.05, 4.69) is 9.62 Å². The van der Waals surface area contributed by atoms with E-state index in [0.717, 1.165) is 22.8 Å². The Morgan fingerprint density at radius 2 is 1.96 bits per heavy atom. The van der Waals surface area contributed by atoms with E-state index >= 15 is 0 Å². The molecule has 1 aromatic heterocycles. The van der Waals surface area contributed by atoms with Gasteiger partial charge in [0.05, 0.1) is 13.7 Å². The molecule has 3 rings (SSSR count). The maximum absolute atomic E-state index is 12.3. The van der Waals surface area contributed by atoms with Crippen molar-refractivity contribution in [1.29, 1.82) is 0 Å². The smallest absolute Gasteiger partial charge is 0.250 e. The number of hydrogen-bond donors (Lipinski definition) is 1. The lowest BCUT2D eigenvalue weighted by atomic mass is 10.2. The molecule has 0 unspecified atom stereocenters. The molecule has 1 aliphatic heterocycles. The summed E-state index contributed by atoms with van der Waals surface area (Å²) in [7, 11) is -1.98. The molecule has 2 aromatic rings. The molecule has 0 spiro atoms. The van der Waals surface area contributed by atoms with Crippen molar-refractivity contribution in [3.8, 4) is 5.75 Å². The second kappa shape index (κ2) is 8.07. The predicted molar refractivity (Wildman–Crippen MR) is 101 cm³/mol. The summed E-state index contributed by atoms with van der Waals surface area (Å²) in [5.74, 6) is 0.583. The summed E-state index contributed by atoms with van der Waals surface area (Å²) in [5.41, 5.74) is 1.05. The number of carbonyl (C=O) groups is 1. The van der Waals surface area contributed by atoms with Gasteiger partial charge in [-0.1, -0.05) is 12.1 Å². The number of nitrogens with zero attached hydrogens (tertiary/aromatic N) is 2. The van der Waals surface area contributed by atoms with Gasteiger partial charge in [-0.15, -0.1) is 11.3 Å². The van der Waals surface area contributed by atoms with Gasteiger partial charge in [-0.25, -0.2) is 13.1 Å². The summed E-state index contributed by atoms with van der Waals surface area (Å²) >= 11 is 1.13. The second-order valence-corrected chi connectivity index (χ2v) is 8.77. The molecule has 0 radical (unpaired) electrons. The molecule has 1 N–H and O–H groups in total. The van der Waals surface area contributed by atoms with Crippen LogP contribution in [0, 0.1) is 0 Å². The summed E-state index contributed by atoms with van der Waals surface area (Å²) in [6, 6.07) is 11.0. The van der Waals surface area contributed by atoms with Crippen molar-refractivity contribution in [3.63, 3.8) is 0 Å². The molecular formula is C17H21N3O4S2. The maximum Gasteiger partial charge on any atom is 0.250 e. The van der Waals surface area contributed by atoms with Gasteiger partial charge in [0.1, 0.15) is 9.96 Å². The Balaban J connectivity index is 1.52. The lowest BCUT2D eigenvalue weighted by molar-refractivity contribution is -0.130. The molecule has 1 amide bonds. The van der Waals surface area contributed by atoms with Crippen molar-refractivity contribution in [3.05, 3.63) is 41.8 Å². The van der Waals surface area contributed by atoms with E-state index in [0.29, 0.717) is 26.2 Å².